The number of allylic oxidation sites excluding steroid dienone is 8. The van der Waals surface area contributed by atoms with Crippen molar-refractivity contribution in [1.29, 1.82) is 0 Å². The van der Waals surface area contributed by atoms with Gasteiger partial charge in [-0.3, -0.25) is 0 Å². The van der Waals surface area contributed by atoms with Crippen LogP contribution in [-0.2, 0) is 16.3 Å². The maximum atomic E-state index is 2.52. The van der Waals surface area contributed by atoms with Gasteiger partial charge in [0.15, 0.2) is 0 Å². The Morgan fingerprint density at radius 2 is 0.952 bits per heavy atom. The summed E-state index contributed by atoms with van der Waals surface area (Å²) in [5.74, 6) is 0. The Labute approximate surface area is 150 Å². The average molecular weight is 364 g/mol. The van der Waals surface area contributed by atoms with Gasteiger partial charge in [-0.25, -0.2) is 0 Å². The van der Waals surface area contributed by atoms with Crippen LogP contribution in [0, 0.1) is 0 Å². The van der Waals surface area contributed by atoms with Gasteiger partial charge in [0.2, 0.25) is 0 Å². The predicted octanol–water partition coefficient (Wildman–Crippen LogP) is 0.0267. The van der Waals surface area contributed by atoms with E-state index in [9.17, 15) is 0 Å². The first-order valence-corrected chi connectivity index (χ1v) is 8.50. The molecule has 3 heteroatoms. The molecule has 0 N–H and O–H groups in total. The van der Waals surface area contributed by atoms with Crippen molar-refractivity contribution in [3.8, 4) is 0 Å². The van der Waals surface area contributed by atoms with Crippen molar-refractivity contribution in [3.05, 3.63) is 45.6 Å². The molecule has 117 valence electrons. The summed E-state index contributed by atoms with van der Waals surface area (Å²) >= 11 is 0.168. The van der Waals surface area contributed by atoms with E-state index in [4.69, 9.17) is 0 Å². The summed E-state index contributed by atoms with van der Waals surface area (Å²) in [4.78, 5) is 0. The molecule has 0 heterocycles. The molecular formula is C18H26Cl2V. The van der Waals surface area contributed by atoms with Gasteiger partial charge in [-0.05, 0) is 0 Å². The van der Waals surface area contributed by atoms with Crippen molar-refractivity contribution < 1.29 is 41.1 Å². The minimum Gasteiger partial charge on any atom is -1.00 e. The second kappa shape index (κ2) is 6.71. The van der Waals surface area contributed by atoms with Gasteiger partial charge in [-0.1, -0.05) is 0 Å². The van der Waals surface area contributed by atoms with Crippen LogP contribution in [0.25, 0.3) is 0 Å². The predicted molar refractivity (Wildman–Crippen MR) is 81.0 cm³/mol. The van der Waals surface area contributed by atoms with Gasteiger partial charge in [0.05, 0.1) is 0 Å². The van der Waals surface area contributed by atoms with E-state index in [-0.39, 0.29) is 41.1 Å². The van der Waals surface area contributed by atoms with E-state index in [1.54, 1.807) is 11.1 Å². The van der Waals surface area contributed by atoms with Gasteiger partial charge >= 0.3 is 126 Å². The normalized spacial score (nSPS) is 31.4. The van der Waals surface area contributed by atoms with Crippen LogP contribution in [0.4, 0.5) is 0 Å². The summed E-state index contributed by atoms with van der Waals surface area (Å²) in [6, 6.07) is 0. The molecule has 0 bridgehead atoms. The Morgan fingerprint density at radius 3 is 1.14 bits per heavy atom. The summed E-state index contributed by atoms with van der Waals surface area (Å²) < 4.78 is 0.615. The third kappa shape index (κ3) is 3.40. The molecule has 0 aromatic rings. The second-order valence-corrected chi connectivity index (χ2v) is 9.81. The van der Waals surface area contributed by atoms with Crippen LogP contribution in [0.2, 0.25) is 8.25 Å². The summed E-state index contributed by atoms with van der Waals surface area (Å²) in [5, 5.41) is 0. The topological polar surface area (TPSA) is 0 Å². The van der Waals surface area contributed by atoms with E-state index in [2.05, 4.69) is 67.5 Å². The summed E-state index contributed by atoms with van der Waals surface area (Å²) in [6.07, 6.45) is 5.04. The number of halogens is 2. The molecule has 2 aliphatic carbocycles. The molecular weight excluding hydrogens is 338 g/mol. The van der Waals surface area contributed by atoms with E-state index in [1.165, 1.54) is 22.3 Å². The van der Waals surface area contributed by atoms with Crippen molar-refractivity contribution in [3.63, 3.8) is 0 Å². The molecule has 0 amide bonds. The Morgan fingerprint density at radius 1 is 0.667 bits per heavy atom. The summed E-state index contributed by atoms with van der Waals surface area (Å²) in [7, 11) is 0. The van der Waals surface area contributed by atoms with Gasteiger partial charge < -0.3 is 24.8 Å². The van der Waals surface area contributed by atoms with E-state index in [1.807, 2.05) is 0 Å². The number of rotatable bonds is 2. The third-order valence-electron chi connectivity index (χ3n) is 5.29. The first kappa shape index (κ1) is 21.1. The molecule has 2 atom stereocenters. The standard InChI is InChI=1S/2C9H13.2ClH.V/c2*1-6-5-7(2)9(4)8(6)3;;;/h2*5H,1-4H3;2*1H;/q;;;;+2/p-2. The Balaban J connectivity index is 0.00000200. The van der Waals surface area contributed by atoms with Crippen LogP contribution < -0.4 is 24.8 Å². The molecule has 2 aliphatic rings. The number of hydrogen-bond donors (Lipinski definition) is 0. The fourth-order valence-electron chi connectivity index (χ4n) is 3.34. The van der Waals surface area contributed by atoms with E-state index < -0.39 is 0 Å². The van der Waals surface area contributed by atoms with Crippen molar-refractivity contribution in [2.45, 2.75) is 63.6 Å². The van der Waals surface area contributed by atoms with E-state index in [0.29, 0.717) is 8.25 Å². The maximum absolute atomic E-state index is 2.52. The maximum Gasteiger partial charge on any atom is -1.00 e. The fraction of sp³-hybridized carbons (Fsp3) is 0.556. The van der Waals surface area contributed by atoms with Crippen molar-refractivity contribution in [2.75, 3.05) is 0 Å². The van der Waals surface area contributed by atoms with Gasteiger partial charge in [0, 0.05) is 0 Å². The van der Waals surface area contributed by atoms with Crippen molar-refractivity contribution in [2.24, 2.45) is 0 Å². The zero-order chi connectivity index (χ0) is 14.6. The molecule has 0 saturated carbocycles. The smallest absolute Gasteiger partial charge is 1.00 e. The molecule has 2 unspecified atom stereocenters. The first-order chi connectivity index (χ1) is 8.61. The zero-order valence-corrected chi connectivity index (χ0v) is 17.3. The second-order valence-electron chi connectivity index (χ2n) is 6.56. The minimum atomic E-state index is 0. The average Bonchev–Trinajstić information content (AvgIpc) is 2.61. The van der Waals surface area contributed by atoms with Crippen LogP contribution in [0.3, 0.4) is 0 Å². The Hall–Kier alpha value is 0.124. The first-order valence-electron chi connectivity index (χ1n) is 7.10. The van der Waals surface area contributed by atoms with Gasteiger partial charge in [0.25, 0.3) is 0 Å². The third-order valence-corrected chi connectivity index (χ3v) is 8.19. The van der Waals surface area contributed by atoms with Crippen LogP contribution in [0.1, 0.15) is 55.4 Å². The SMILES string of the molecule is CC1=C[C](C)([V+2][C]2(C)C=C(C)C(C)=C2C)C(C)=C1C.[Cl-].[Cl-]. The molecule has 0 saturated heterocycles. The van der Waals surface area contributed by atoms with Crippen molar-refractivity contribution in [1.82, 2.24) is 0 Å². The van der Waals surface area contributed by atoms with Crippen LogP contribution in [0.5, 0.6) is 0 Å². The molecule has 0 aromatic carbocycles. The molecule has 0 fully saturated rings. The van der Waals surface area contributed by atoms with Gasteiger partial charge in [-0.15, -0.1) is 0 Å². The summed E-state index contributed by atoms with van der Waals surface area (Å²) in [6.45, 7) is 18.6. The molecule has 2 rings (SSSR count). The summed E-state index contributed by atoms with van der Waals surface area (Å²) in [5.41, 5.74) is 9.17. The van der Waals surface area contributed by atoms with E-state index in [0.717, 1.165) is 0 Å². The van der Waals surface area contributed by atoms with Gasteiger partial charge in [-0.2, -0.15) is 0 Å². The molecule has 0 spiro atoms. The minimum absolute atomic E-state index is 0. The van der Waals surface area contributed by atoms with Gasteiger partial charge in [0.1, 0.15) is 0 Å². The van der Waals surface area contributed by atoms with Crippen LogP contribution >= 0.6 is 0 Å². The zero-order valence-electron chi connectivity index (χ0n) is 14.4. The van der Waals surface area contributed by atoms with Crippen LogP contribution in [-0.4, -0.2) is 0 Å². The van der Waals surface area contributed by atoms with Crippen LogP contribution in [0.15, 0.2) is 45.6 Å². The van der Waals surface area contributed by atoms with Crippen molar-refractivity contribution >= 4 is 0 Å². The monoisotopic (exact) mass is 363 g/mol. The van der Waals surface area contributed by atoms with E-state index >= 15 is 0 Å². The quantitative estimate of drug-likeness (QED) is 0.649. The Bertz CT molecular complexity index is 516. The molecule has 0 nitrogen and oxygen atoms in total. The molecule has 0 aromatic heterocycles. The molecule has 0 aliphatic heterocycles. The molecule has 21 heavy (non-hydrogen) atoms. The Kier molecular flexibility index (Phi) is 6.75. The fourth-order valence-corrected chi connectivity index (χ4v) is 6.70. The number of hydrogen-bond acceptors (Lipinski definition) is 0. The molecule has 0 radical (unpaired) electrons. The largest absolute Gasteiger partial charge is 1.00 e.